The Labute approximate surface area is 237 Å². The average molecular weight is 568 g/mol. The number of rotatable bonds is 5. The molecule has 3 aromatic heterocycles. The van der Waals surface area contributed by atoms with Crippen molar-refractivity contribution in [3.63, 3.8) is 0 Å². The Hall–Kier alpha value is -4.74. The van der Waals surface area contributed by atoms with Crippen LogP contribution in [0.2, 0.25) is 0 Å². The Bertz CT molecular complexity index is 1960. The van der Waals surface area contributed by atoms with E-state index >= 15 is 0 Å². The van der Waals surface area contributed by atoms with Crippen molar-refractivity contribution < 1.29 is 9.53 Å². The van der Waals surface area contributed by atoms with Crippen molar-refractivity contribution in [3.8, 4) is 17.3 Å². The molecule has 0 saturated carbocycles. The third kappa shape index (κ3) is 4.25. The first-order valence-corrected chi connectivity index (χ1v) is 13.4. The molecule has 6 rings (SSSR count). The van der Waals surface area contributed by atoms with Gasteiger partial charge in [0.25, 0.3) is 17.0 Å². The fourth-order valence-corrected chi connectivity index (χ4v) is 5.74. The normalized spacial score (nSPS) is 14.4. The van der Waals surface area contributed by atoms with Crippen molar-refractivity contribution in [2.75, 3.05) is 4.90 Å². The van der Waals surface area contributed by atoms with Crippen molar-refractivity contribution in [2.24, 2.45) is 7.05 Å². The number of carbonyl (C=O) groups is 1. The van der Waals surface area contributed by atoms with Gasteiger partial charge < -0.3 is 4.74 Å². The lowest BCUT2D eigenvalue weighted by Gasteiger charge is -2.12. The molecule has 5 aromatic rings. The number of fused-ring (bicyclic) bond motifs is 1. The van der Waals surface area contributed by atoms with Crippen molar-refractivity contribution in [2.45, 2.75) is 6.92 Å². The fraction of sp³-hybridized carbons (Fsp3) is 0.0690. The summed E-state index contributed by atoms with van der Waals surface area (Å²) in [5.41, 5.74) is 1.05. The first-order valence-electron chi connectivity index (χ1n) is 12.2. The van der Waals surface area contributed by atoms with Gasteiger partial charge in [-0.15, -0.1) is 0 Å². The highest BCUT2D eigenvalue weighted by Gasteiger charge is 2.38. The molecule has 1 fully saturated rings. The molecule has 1 saturated heterocycles. The van der Waals surface area contributed by atoms with E-state index in [0.29, 0.717) is 22.8 Å². The van der Waals surface area contributed by atoms with Gasteiger partial charge in [-0.05, 0) is 49.4 Å². The van der Waals surface area contributed by atoms with E-state index in [1.165, 1.54) is 20.1 Å². The lowest BCUT2D eigenvalue weighted by molar-refractivity contribution is -0.113. The van der Waals surface area contributed by atoms with Crippen molar-refractivity contribution >= 4 is 51.6 Å². The topological polar surface area (TPSA) is 90.8 Å². The smallest absolute Gasteiger partial charge is 0.296 e. The number of ether oxygens (including phenoxy) is 1. The van der Waals surface area contributed by atoms with Gasteiger partial charge in [0.05, 0.1) is 16.3 Å². The summed E-state index contributed by atoms with van der Waals surface area (Å²) < 4.78 is 10.7. The summed E-state index contributed by atoms with van der Waals surface area (Å²) in [6.45, 7) is 1.75. The molecule has 0 spiro atoms. The first-order chi connectivity index (χ1) is 19.3. The van der Waals surface area contributed by atoms with Gasteiger partial charge in [0.15, 0.2) is 4.32 Å². The molecule has 2 aromatic carbocycles. The van der Waals surface area contributed by atoms with Crippen molar-refractivity contribution in [1.82, 2.24) is 18.7 Å². The standard InChI is InChI=1S/C29H21N5O4S2/c1-18-24(28(37)34(31(18)2)19-11-5-3-6-12-19)33-27(36)22(40-29(33)39)17-21-25(38-20-13-7-4-8-14-20)30-23-15-9-10-16-32(23)26(21)35/h3-17H,1-2H3. The molecule has 1 aliphatic heterocycles. The van der Waals surface area contributed by atoms with Crippen molar-refractivity contribution in [3.05, 3.63) is 122 Å². The lowest BCUT2D eigenvalue weighted by atomic mass is 10.2. The maximum absolute atomic E-state index is 13.7. The molecule has 0 aliphatic carbocycles. The summed E-state index contributed by atoms with van der Waals surface area (Å²) in [4.78, 5) is 46.8. The van der Waals surface area contributed by atoms with E-state index in [2.05, 4.69) is 4.98 Å². The molecule has 1 aliphatic rings. The maximum Gasteiger partial charge on any atom is 0.296 e. The SMILES string of the molecule is Cc1c(N2C(=O)C(=Cc3c(Oc4ccccc4)nc4ccccn4c3=O)SC2=S)c(=O)n(-c2ccccc2)n1C. The molecule has 0 N–H and O–H groups in total. The van der Waals surface area contributed by atoms with E-state index < -0.39 is 11.5 Å². The number of hydrogen-bond donors (Lipinski definition) is 0. The Kier molecular flexibility index (Phi) is 6.45. The number of carbonyl (C=O) groups excluding carboxylic acids is 1. The number of pyridine rings is 1. The molecule has 40 heavy (non-hydrogen) atoms. The monoisotopic (exact) mass is 567 g/mol. The first kappa shape index (κ1) is 25.5. The molecule has 9 nitrogen and oxygen atoms in total. The van der Waals surface area contributed by atoms with Crippen LogP contribution < -0.4 is 20.8 Å². The minimum absolute atomic E-state index is 0.0509. The molecule has 1 amide bonds. The Morgan fingerprint density at radius 1 is 0.900 bits per heavy atom. The summed E-state index contributed by atoms with van der Waals surface area (Å²) in [6.07, 6.45) is 3.03. The van der Waals surface area contributed by atoms with Gasteiger partial charge in [0.1, 0.15) is 22.6 Å². The van der Waals surface area contributed by atoms with E-state index in [0.717, 1.165) is 11.8 Å². The summed E-state index contributed by atoms with van der Waals surface area (Å²) >= 11 is 6.58. The zero-order valence-electron chi connectivity index (χ0n) is 21.3. The highest BCUT2D eigenvalue weighted by Crippen LogP contribution is 2.37. The van der Waals surface area contributed by atoms with Crippen LogP contribution in [0.5, 0.6) is 11.6 Å². The lowest BCUT2D eigenvalue weighted by Crippen LogP contribution is -2.33. The summed E-state index contributed by atoms with van der Waals surface area (Å²) in [5.74, 6) is 0.0254. The number of thiocarbonyl (C=S) groups is 1. The number of anilines is 1. The Balaban J connectivity index is 1.46. The van der Waals surface area contributed by atoms with Crippen LogP contribution in [0.4, 0.5) is 5.69 Å². The minimum Gasteiger partial charge on any atom is -0.438 e. The molecule has 11 heteroatoms. The Morgan fingerprint density at radius 3 is 2.30 bits per heavy atom. The quantitative estimate of drug-likeness (QED) is 0.225. The summed E-state index contributed by atoms with van der Waals surface area (Å²) in [5, 5.41) is 0. The van der Waals surface area contributed by atoms with Crippen LogP contribution >= 0.6 is 24.0 Å². The van der Waals surface area contributed by atoms with Crippen LogP contribution in [-0.2, 0) is 11.8 Å². The predicted octanol–water partition coefficient (Wildman–Crippen LogP) is 4.69. The van der Waals surface area contributed by atoms with E-state index in [1.807, 2.05) is 36.4 Å². The number of para-hydroxylation sites is 2. The maximum atomic E-state index is 13.7. The molecule has 4 heterocycles. The minimum atomic E-state index is -0.510. The highest BCUT2D eigenvalue weighted by molar-refractivity contribution is 8.27. The third-order valence-electron chi connectivity index (χ3n) is 6.51. The number of hydrogen-bond acceptors (Lipinski definition) is 7. The molecule has 198 valence electrons. The summed E-state index contributed by atoms with van der Waals surface area (Å²) in [7, 11) is 1.75. The van der Waals surface area contributed by atoms with E-state index in [1.54, 1.807) is 67.3 Å². The molecular formula is C29H21N5O4S2. The highest BCUT2D eigenvalue weighted by atomic mass is 32.2. The van der Waals surface area contributed by atoms with Crippen molar-refractivity contribution in [1.29, 1.82) is 0 Å². The molecule has 0 unspecified atom stereocenters. The number of nitrogens with zero attached hydrogens (tertiary/aromatic N) is 5. The van der Waals surface area contributed by atoms with Gasteiger partial charge >= 0.3 is 0 Å². The zero-order valence-corrected chi connectivity index (χ0v) is 23.0. The van der Waals surface area contributed by atoms with Gasteiger partial charge in [-0.3, -0.25) is 28.4 Å². The second-order valence-corrected chi connectivity index (χ2v) is 10.6. The van der Waals surface area contributed by atoms with Crippen LogP contribution in [0.15, 0.2) is 99.6 Å². The second kappa shape index (κ2) is 10.1. The molecule has 0 atom stereocenters. The van der Waals surface area contributed by atoms with Crippen LogP contribution in [0.1, 0.15) is 11.3 Å². The van der Waals surface area contributed by atoms with Crippen LogP contribution in [0, 0.1) is 6.92 Å². The largest absolute Gasteiger partial charge is 0.438 e. The third-order valence-corrected chi connectivity index (χ3v) is 7.81. The number of benzene rings is 2. The van der Waals surface area contributed by atoms with Gasteiger partial charge in [0, 0.05) is 13.2 Å². The fourth-order valence-electron chi connectivity index (χ4n) is 4.49. The zero-order chi connectivity index (χ0) is 28.0. The predicted molar refractivity (Wildman–Crippen MR) is 159 cm³/mol. The van der Waals surface area contributed by atoms with Gasteiger partial charge in [-0.25, -0.2) is 4.68 Å². The number of thioether (sulfide) groups is 1. The Morgan fingerprint density at radius 2 is 1.57 bits per heavy atom. The number of amides is 1. The van der Waals surface area contributed by atoms with Gasteiger partial charge in [0.2, 0.25) is 5.88 Å². The molecular weight excluding hydrogens is 546 g/mol. The summed E-state index contributed by atoms with van der Waals surface area (Å²) in [6, 6.07) is 23.3. The van der Waals surface area contributed by atoms with Crippen LogP contribution in [0.25, 0.3) is 17.4 Å². The van der Waals surface area contributed by atoms with Gasteiger partial charge in [-0.2, -0.15) is 4.98 Å². The average Bonchev–Trinajstić information content (AvgIpc) is 3.36. The number of aromatic nitrogens is 4. The second-order valence-electron chi connectivity index (χ2n) is 8.91. The van der Waals surface area contributed by atoms with Gasteiger partial charge in [-0.1, -0.05) is 66.4 Å². The van der Waals surface area contributed by atoms with Crippen LogP contribution in [-0.4, -0.2) is 29.0 Å². The van der Waals surface area contributed by atoms with E-state index in [4.69, 9.17) is 17.0 Å². The molecule has 0 radical (unpaired) electrons. The van der Waals surface area contributed by atoms with Crippen LogP contribution in [0.3, 0.4) is 0 Å². The van der Waals surface area contributed by atoms with E-state index in [-0.39, 0.29) is 31.9 Å². The van der Waals surface area contributed by atoms with E-state index in [9.17, 15) is 14.4 Å². The molecule has 0 bridgehead atoms.